The summed E-state index contributed by atoms with van der Waals surface area (Å²) in [7, 11) is 0. The summed E-state index contributed by atoms with van der Waals surface area (Å²) in [4.78, 5) is 7.73. The molecule has 0 bridgehead atoms. The lowest BCUT2D eigenvalue weighted by atomic mass is 10.5. The minimum absolute atomic E-state index is 0.282. The molecule has 5 heteroatoms. The maximum absolute atomic E-state index is 8.49. The first-order chi connectivity index (χ1) is 7.36. The Balaban J connectivity index is 2.23. The van der Waals surface area contributed by atoms with E-state index in [1.807, 2.05) is 13.0 Å². The molecule has 15 heavy (non-hydrogen) atoms. The number of ether oxygens (including phenoxy) is 2. The first-order valence-corrected chi connectivity index (χ1v) is 4.79. The predicted octanol–water partition coefficient (Wildman–Crippen LogP) is 1.15. The second-order valence-corrected chi connectivity index (χ2v) is 2.81. The molecular weight excluding hydrogens is 194 g/mol. The van der Waals surface area contributed by atoms with Crippen LogP contribution in [-0.4, -0.2) is 29.8 Å². The average Bonchev–Trinajstić information content (AvgIpc) is 2.30. The van der Waals surface area contributed by atoms with Crippen LogP contribution < -0.4 is 4.74 Å². The molecule has 5 nitrogen and oxygen atoms in total. The molecular formula is C10H13N3O2. The zero-order valence-corrected chi connectivity index (χ0v) is 8.64. The van der Waals surface area contributed by atoms with Gasteiger partial charge < -0.3 is 9.47 Å². The molecule has 0 radical (unpaired) electrons. The van der Waals surface area contributed by atoms with Crippen molar-refractivity contribution in [2.45, 2.75) is 13.3 Å². The summed E-state index contributed by atoms with van der Waals surface area (Å²) in [5, 5.41) is 8.49. The fourth-order valence-corrected chi connectivity index (χ4v) is 0.900. The van der Waals surface area contributed by atoms with Crippen LogP contribution >= 0.6 is 0 Å². The Morgan fingerprint density at radius 1 is 1.27 bits per heavy atom. The van der Waals surface area contributed by atoms with E-state index in [-0.39, 0.29) is 5.69 Å². The average molecular weight is 207 g/mol. The first kappa shape index (κ1) is 11.4. The molecule has 0 aliphatic rings. The van der Waals surface area contributed by atoms with Crippen molar-refractivity contribution in [1.82, 2.24) is 9.97 Å². The summed E-state index contributed by atoms with van der Waals surface area (Å²) in [6, 6.07) is 1.88. The van der Waals surface area contributed by atoms with Crippen LogP contribution in [0.4, 0.5) is 0 Å². The van der Waals surface area contributed by atoms with Gasteiger partial charge in [-0.15, -0.1) is 0 Å². The second kappa shape index (κ2) is 6.74. The number of hydrogen-bond donors (Lipinski definition) is 0. The summed E-state index contributed by atoms with van der Waals surface area (Å²) >= 11 is 0. The van der Waals surface area contributed by atoms with E-state index in [9.17, 15) is 0 Å². The molecule has 0 unspecified atom stereocenters. The standard InChI is InChI=1S/C10H13N3O2/c1-2-3-14-4-5-15-10-8-12-9(6-11)7-13-10/h7-8H,2-5H2,1H3. The van der Waals surface area contributed by atoms with Crippen molar-refractivity contribution >= 4 is 0 Å². The molecule has 0 aromatic carbocycles. The van der Waals surface area contributed by atoms with Crippen molar-refractivity contribution in [2.75, 3.05) is 19.8 Å². The van der Waals surface area contributed by atoms with Crippen molar-refractivity contribution in [3.05, 3.63) is 18.1 Å². The van der Waals surface area contributed by atoms with Gasteiger partial charge in [-0.1, -0.05) is 6.92 Å². The van der Waals surface area contributed by atoms with Crippen molar-refractivity contribution in [2.24, 2.45) is 0 Å². The number of nitrogens with zero attached hydrogens (tertiary/aromatic N) is 3. The lowest BCUT2D eigenvalue weighted by molar-refractivity contribution is 0.0988. The Morgan fingerprint density at radius 3 is 2.73 bits per heavy atom. The van der Waals surface area contributed by atoms with Crippen LogP contribution in [0.3, 0.4) is 0 Å². The van der Waals surface area contributed by atoms with Crippen LogP contribution in [0.1, 0.15) is 19.0 Å². The van der Waals surface area contributed by atoms with Crippen molar-refractivity contribution in [3.63, 3.8) is 0 Å². The normalized spacial score (nSPS) is 9.60. The molecule has 80 valence electrons. The van der Waals surface area contributed by atoms with Gasteiger partial charge in [0.2, 0.25) is 5.88 Å². The number of hydrogen-bond acceptors (Lipinski definition) is 5. The fourth-order valence-electron chi connectivity index (χ4n) is 0.900. The number of aromatic nitrogens is 2. The van der Waals surface area contributed by atoms with Crippen molar-refractivity contribution in [3.8, 4) is 11.9 Å². The SMILES string of the molecule is CCCOCCOc1cnc(C#N)cn1. The van der Waals surface area contributed by atoms with Crippen LogP contribution in [0.5, 0.6) is 5.88 Å². The topological polar surface area (TPSA) is 68.0 Å². The third-order valence-electron chi connectivity index (χ3n) is 1.57. The van der Waals surface area contributed by atoms with Crippen molar-refractivity contribution < 1.29 is 9.47 Å². The van der Waals surface area contributed by atoms with E-state index in [1.165, 1.54) is 12.4 Å². The maximum Gasteiger partial charge on any atom is 0.232 e. The van der Waals surface area contributed by atoms with Gasteiger partial charge in [0.15, 0.2) is 5.69 Å². The number of nitriles is 1. The highest BCUT2D eigenvalue weighted by Crippen LogP contribution is 2.02. The van der Waals surface area contributed by atoms with Gasteiger partial charge in [-0.3, -0.25) is 0 Å². The van der Waals surface area contributed by atoms with E-state index in [2.05, 4.69) is 9.97 Å². The van der Waals surface area contributed by atoms with Crippen LogP contribution in [0.15, 0.2) is 12.4 Å². The lowest BCUT2D eigenvalue weighted by Gasteiger charge is -2.04. The molecule has 0 aliphatic carbocycles. The molecule has 0 amide bonds. The fraction of sp³-hybridized carbons (Fsp3) is 0.500. The largest absolute Gasteiger partial charge is 0.474 e. The summed E-state index contributed by atoms with van der Waals surface area (Å²) in [5.74, 6) is 0.411. The first-order valence-electron chi connectivity index (χ1n) is 4.79. The smallest absolute Gasteiger partial charge is 0.232 e. The third-order valence-corrected chi connectivity index (χ3v) is 1.57. The van der Waals surface area contributed by atoms with Crippen LogP contribution in [0.2, 0.25) is 0 Å². The third kappa shape index (κ3) is 4.38. The quantitative estimate of drug-likeness (QED) is 0.654. The Morgan fingerprint density at radius 2 is 2.13 bits per heavy atom. The highest BCUT2D eigenvalue weighted by Gasteiger charge is 1.96. The van der Waals surface area contributed by atoms with Gasteiger partial charge in [-0.2, -0.15) is 5.26 Å². The Hall–Kier alpha value is -1.67. The van der Waals surface area contributed by atoms with E-state index < -0.39 is 0 Å². The molecule has 1 rings (SSSR count). The Kier molecular flexibility index (Phi) is 5.12. The highest BCUT2D eigenvalue weighted by molar-refractivity contribution is 5.18. The zero-order valence-electron chi connectivity index (χ0n) is 8.64. The summed E-state index contributed by atoms with van der Waals surface area (Å²) in [5.41, 5.74) is 0.282. The molecule has 1 aromatic heterocycles. The Bertz CT molecular complexity index is 318. The van der Waals surface area contributed by atoms with E-state index in [4.69, 9.17) is 14.7 Å². The second-order valence-electron chi connectivity index (χ2n) is 2.81. The van der Waals surface area contributed by atoms with E-state index in [0.29, 0.717) is 19.1 Å². The molecule has 0 saturated heterocycles. The van der Waals surface area contributed by atoms with Gasteiger partial charge in [0.05, 0.1) is 19.0 Å². The van der Waals surface area contributed by atoms with E-state index >= 15 is 0 Å². The summed E-state index contributed by atoms with van der Waals surface area (Å²) < 4.78 is 10.5. The number of rotatable bonds is 6. The molecule has 0 N–H and O–H groups in total. The highest BCUT2D eigenvalue weighted by atomic mass is 16.5. The monoisotopic (exact) mass is 207 g/mol. The molecule has 1 aromatic rings. The Labute approximate surface area is 88.7 Å². The predicted molar refractivity (Wildman–Crippen MR) is 53.4 cm³/mol. The van der Waals surface area contributed by atoms with Crippen LogP contribution in [0, 0.1) is 11.3 Å². The minimum Gasteiger partial charge on any atom is -0.474 e. The van der Waals surface area contributed by atoms with E-state index in [0.717, 1.165) is 13.0 Å². The molecule has 0 aliphatic heterocycles. The summed E-state index contributed by atoms with van der Waals surface area (Å²) in [6.45, 7) is 3.77. The van der Waals surface area contributed by atoms with Gasteiger partial charge >= 0.3 is 0 Å². The minimum atomic E-state index is 0.282. The van der Waals surface area contributed by atoms with Gasteiger partial charge in [0, 0.05) is 6.61 Å². The van der Waals surface area contributed by atoms with Crippen LogP contribution in [0.25, 0.3) is 0 Å². The molecule has 0 saturated carbocycles. The van der Waals surface area contributed by atoms with E-state index in [1.54, 1.807) is 0 Å². The van der Waals surface area contributed by atoms with Gasteiger partial charge in [0.1, 0.15) is 12.7 Å². The zero-order chi connectivity index (χ0) is 10.9. The van der Waals surface area contributed by atoms with Crippen LogP contribution in [-0.2, 0) is 4.74 Å². The molecule has 0 fully saturated rings. The molecule has 0 spiro atoms. The van der Waals surface area contributed by atoms with Gasteiger partial charge in [-0.25, -0.2) is 9.97 Å². The molecule has 1 heterocycles. The summed E-state index contributed by atoms with van der Waals surface area (Å²) in [6.07, 6.45) is 3.80. The maximum atomic E-state index is 8.49. The van der Waals surface area contributed by atoms with Gasteiger partial charge in [-0.05, 0) is 6.42 Å². The lowest BCUT2D eigenvalue weighted by Crippen LogP contribution is -2.08. The molecule has 0 atom stereocenters. The van der Waals surface area contributed by atoms with Crippen molar-refractivity contribution in [1.29, 1.82) is 5.26 Å². The van der Waals surface area contributed by atoms with Gasteiger partial charge in [0.25, 0.3) is 0 Å².